The second-order valence-corrected chi connectivity index (χ2v) is 8.29. The average Bonchev–Trinajstić information content (AvgIpc) is 2.83. The minimum atomic E-state index is -0.578. The number of benzene rings is 1. The van der Waals surface area contributed by atoms with Crippen LogP contribution in [0.15, 0.2) is 12.1 Å². The Morgan fingerprint density at radius 2 is 1.54 bits per heavy atom. The molecule has 1 saturated carbocycles. The Bertz CT molecular complexity index is 901. The van der Waals surface area contributed by atoms with Crippen LogP contribution < -0.4 is 5.32 Å². The van der Waals surface area contributed by atoms with Crippen molar-refractivity contribution in [2.75, 3.05) is 7.05 Å². The van der Waals surface area contributed by atoms with E-state index in [1.807, 2.05) is 0 Å². The molecule has 2 bridgehead atoms. The topological polar surface area (TPSA) is 54.9 Å². The van der Waals surface area contributed by atoms with Crippen LogP contribution in [0.5, 0.6) is 0 Å². The van der Waals surface area contributed by atoms with E-state index in [-0.39, 0.29) is 16.7 Å². The highest BCUT2D eigenvalue weighted by Gasteiger charge is 2.73. The lowest BCUT2D eigenvalue weighted by Crippen LogP contribution is -2.50. The molecule has 2 aromatic rings. The number of hydrogen-bond acceptors (Lipinski definition) is 3. The van der Waals surface area contributed by atoms with Gasteiger partial charge in [0.05, 0.1) is 27.8 Å². The van der Waals surface area contributed by atoms with Crippen LogP contribution in [0.25, 0.3) is 11.0 Å². The fraction of sp³-hybridized carbons (Fsp3) is 0.550. The van der Waals surface area contributed by atoms with Crippen LogP contribution in [0.3, 0.4) is 0 Å². The maximum atomic E-state index is 13.0. The van der Waals surface area contributed by atoms with Crippen molar-refractivity contribution >= 4 is 16.9 Å². The third-order valence-corrected chi connectivity index (χ3v) is 7.27. The number of nitrogens with zero attached hydrogens (tertiary/aromatic N) is 2. The number of carbonyl (C=O) groups is 1. The van der Waals surface area contributed by atoms with E-state index in [1.54, 1.807) is 7.05 Å². The Morgan fingerprint density at radius 1 is 1.00 bits per heavy atom. The molecule has 1 aromatic heterocycles. The molecule has 24 heavy (non-hydrogen) atoms. The third kappa shape index (κ3) is 1.44. The van der Waals surface area contributed by atoms with Gasteiger partial charge in [0, 0.05) is 12.5 Å². The Morgan fingerprint density at radius 3 is 2.08 bits per heavy atom. The van der Waals surface area contributed by atoms with Gasteiger partial charge in [0.15, 0.2) is 0 Å². The first-order valence-corrected chi connectivity index (χ1v) is 8.71. The van der Waals surface area contributed by atoms with Crippen LogP contribution in [0, 0.1) is 19.3 Å². The van der Waals surface area contributed by atoms with Gasteiger partial charge < -0.3 is 5.32 Å². The number of likely N-dealkylation sites (N-methyl/N-ethyl adjacent to an activating group) is 1. The number of aromatic nitrogens is 2. The van der Waals surface area contributed by atoms with Crippen molar-refractivity contribution in [1.82, 2.24) is 15.3 Å². The van der Waals surface area contributed by atoms with Gasteiger partial charge in [-0.2, -0.15) is 0 Å². The third-order valence-electron chi connectivity index (χ3n) is 7.27. The van der Waals surface area contributed by atoms with Crippen molar-refractivity contribution in [3.63, 3.8) is 0 Å². The van der Waals surface area contributed by atoms with Crippen LogP contribution >= 0.6 is 0 Å². The molecule has 2 atom stereocenters. The van der Waals surface area contributed by atoms with E-state index in [0.29, 0.717) is 0 Å². The SMILES string of the molecule is CNC(=O)[C@]12CC[C@@](C)(c3nc4cc(C)c(C)cc4nc31)C2(C)C. The first-order chi connectivity index (χ1) is 11.2. The van der Waals surface area contributed by atoms with E-state index in [1.165, 1.54) is 11.1 Å². The number of carbonyl (C=O) groups excluding carboxylic acids is 1. The summed E-state index contributed by atoms with van der Waals surface area (Å²) < 4.78 is 0. The summed E-state index contributed by atoms with van der Waals surface area (Å²) in [7, 11) is 1.73. The Labute approximate surface area is 143 Å². The first kappa shape index (κ1) is 15.6. The van der Waals surface area contributed by atoms with Crippen LogP contribution in [0.2, 0.25) is 0 Å². The summed E-state index contributed by atoms with van der Waals surface area (Å²) in [6.07, 6.45) is 1.82. The molecular weight excluding hydrogens is 298 g/mol. The zero-order chi connectivity index (χ0) is 17.5. The van der Waals surface area contributed by atoms with Crippen LogP contribution in [-0.2, 0) is 15.6 Å². The van der Waals surface area contributed by atoms with Gasteiger partial charge in [-0.1, -0.05) is 20.8 Å². The number of rotatable bonds is 1. The van der Waals surface area contributed by atoms with Gasteiger partial charge in [0.2, 0.25) is 5.91 Å². The van der Waals surface area contributed by atoms with E-state index in [4.69, 9.17) is 9.97 Å². The zero-order valence-electron chi connectivity index (χ0n) is 15.4. The summed E-state index contributed by atoms with van der Waals surface area (Å²) in [6.45, 7) is 10.9. The van der Waals surface area contributed by atoms with Gasteiger partial charge >= 0.3 is 0 Å². The summed E-state index contributed by atoms with van der Waals surface area (Å²) in [5.74, 6) is 0.0764. The largest absolute Gasteiger partial charge is 0.358 e. The van der Waals surface area contributed by atoms with Gasteiger partial charge in [-0.3, -0.25) is 4.79 Å². The Hall–Kier alpha value is -1.97. The fourth-order valence-corrected chi connectivity index (χ4v) is 5.07. The molecule has 126 valence electrons. The molecule has 2 aliphatic rings. The van der Waals surface area contributed by atoms with Crippen molar-refractivity contribution in [1.29, 1.82) is 0 Å². The molecule has 4 heteroatoms. The minimum Gasteiger partial charge on any atom is -0.358 e. The molecule has 0 saturated heterocycles. The van der Waals surface area contributed by atoms with Crippen LogP contribution in [0.4, 0.5) is 0 Å². The van der Waals surface area contributed by atoms with Gasteiger partial charge in [0.25, 0.3) is 0 Å². The molecule has 1 aromatic carbocycles. The molecule has 0 aliphatic heterocycles. The predicted molar refractivity (Wildman–Crippen MR) is 95.1 cm³/mol. The normalized spacial score (nSPS) is 29.8. The Balaban J connectivity index is 2.11. The molecule has 4 rings (SSSR count). The fourth-order valence-electron chi connectivity index (χ4n) is 5.07. The molecule has 1 heterocycles. The molecule has 4 nitrogen and oxygen atoms in total. The highest BCUT2D eigenvalue weighted by molar-refractivity contribution is 5.92. The quantitative estimate of drug-likeness (QED) is 0.876. The maximum absolute atomic E-state index is 13.0. The molecule has 0 spiro atoms. The van der Waals surface area contributed by atoms with E-state index in [9.17, 15) is 4.79 Å². The number of hydrogen-bond donors (Lipinski definition) is 1. The average molecular weight is 323 g/mol. The molecule has 0 unspecified atom stereocenters. The van der Waals surface area contributed by atoms with Gasteiger partial charge in [-0.15, -0.1) is 0 Å². The maximum Gasteiger partial charge on any atom is 0.232 e. The minimum absolute atomic E-state index is 0.0764. The van der Waals surface area contributed by atoms with Gasteiger partial charge in [-0.05, 0) is 55.4 Å². The van der Waals surface area contributed by atoms with Crippen molar-refractivity contribution in [2.45, 2.75) is 58.3 Å². The summed E-state index contributed by atoms with van der Waals surface area (Å²) in [5, 5.41) is 2.90. The second-order valence-electron chi connectivity index (χ2n) is 8.29. The highest BCUT2D eigenvalue weighted by Crippen LogP contribution is 2.70. The first-order valence-electron chi connectivity index (χ1n) is 8.71. The number of fused-ring (bicyclic) bond motifs is 6. The van der Waals surface area contributed by atoms with Gasteiger partial charge in [0.1, 0.15) is 0 Å². The highest BCUT2D eigenvalue weighted by atomic mass is 16.2. The lowest BCUT2D eigenvalue weighted by molar-refractivity contribution is -0.129. The van der Waals surface area contributed by atoms with Crippen LogP contribution in [-0.4, -0.2) is 22.9 Å². The monoisotopic (exact) mass is 323 g/mol. The molecule has 1 N–H and O–H groups in total. The molecule has 1 fully saturated rings. The number of aryl methyl sites for hydroxylation is 2. The second kappa shape index (κ2) is 4.35. The summed E-state index contributed by atoms with van der Waals surface area (Å²) >= 11 is 0. The van der Waals surface area contributed by atoms with Crippen molar-refractivity contribution in [3.8, 4) is 0 Å². The predicted octanol–water partition coefficient (Wildman–Crippen LogP) is 3.32. The zero-order valence-corrected chi connectivity index (χ0v) is 15.4. The molecule has 0 radical (unpaired) electrons. The number of amides is 1. The standard InChI is InChI=1S/C20H25N3O/c1-11-9-13-14(10-12(11)2)23-16-15(22-13)19(5)7-8-20(16,17(24)21-6)18(19,3)4/h9-10H,7-8H2,1-6H3,(H,21,24)/t19-,20-/m0/s1. The number of nitrogens with one attached hydrogen (secondary N) is 1. The smallest absolute Gasteiger partial charge is 0.232 e. The van der Waals surface area contributed by atoms with Crippen LogP contribution in [0.1, 0.15) is 56.1 Å². The van der Waals surface area contributed by atoms with Crippen molar-refractivity contribution < 1.29 is 4.79 Å². The van der Waals surface area contributed by atoms with Gasteiger partial charge in [-0.25, -0.2) is 9.97 Å². The van der Waals surface area contributed by atoms with E-state index < -0.39 is 5.41 Å². The molecular formula is C20H25N3O. The summed E-state index contributed by atoms with van der Waals surface area (Å²) in [5.41, 5.74) is 5.30. The summed E-state index contributed by atoms with van der Waals surface area (Å²) in [4.78, 5) is 23.0. The van der Waals surface area contributed by atoms with E-state index >= 15 is 0 Å². The van der Waals surface area contributed by atoms with E-state index in [2.05, 4.69) is 52.1 Å². The van der Waals surface area contributed by atoms with E-state index in [0.717, 1.165) is 35.3 Å². The lowest BCUT2D eigenvalue weighted by Gasteiger charge is -2.39. The van der Waals surface area contributed by atoms with Crippen molar-refractivity contribution in [2.24, 2.45) is 5.41 Å². The molecule has 2 aliphatic carbocycles. The lowest BCUT2D eigenvalue weighted by atomic mass is 9.63. The van der Waals surface area contributed by atoms with Crippen molar-refractivity contribution in [3.05, 3.63) is 34.6 Å². The Kier molecular flexibility index (Phi) is 2.82. The summed E-state index contributed by atoms with van der Waals surface area (Å²) in [6, 6.07) is 4.21. The molecule has 1 amide bonds.